The molecule has 1 heterocycles. The molecule has 0 radical (unpaired) electrons. The van der Waals surface area contributed by atoms with Crippen molar-refractivity contribution in [3.8, 4) is 11.5 Å². The van der Waals surface area contributed by atoms with Crippen LogP contribution < -0.4 is 14.8 Å². The first-order valence-corrected chi connectivity index (χ1v) is 12.4. The van der Waals surface area contributed by atoms with Gasteiger partial charge in [-0.25, -0.2) is 12.8 Å². The second-order valence-corrected chi connectivity index (χ2v) is 9.40. The van der Waals surface area contributed by atoms with Crippen LogP contribution in [0.3, 0.4) is 0 Å². The molecule has 0 saturated carbocycles. The molecule has 3 aromatic rings. The number of amides is 1. The summed E-state index contributed by atoms with van der Waals surface area (Å²) in [6.07, 6.45) is 2.46. The van der Waals surface area contributed by atoms with Gasteiger partial charge in [-0.1, -0.05) is 36.8 Å². The van der Waals surface area contributed by atoms with Gasteiger partial charge in [0, 0.05) is 24.6 Å². The third-order valence-corrected chi connectivity index (χ3v) is 6.58. The van der Waals surface area contributed by atoms with Crippen LogP contribution >= 0.6 is 0 Å². The number of unbranched alkanes of at least 4 members (excludes halogenated alkanes) is 2. The van der Waals surface area contributed by atoms with Crippen molar-refractivity contribution in [2.24, 2.45) is 4.99 Å². The molecule has 1 amide bonds. The van der Waals surface area contributed by atoms with E-state index < -0.39 is 15.8 Å². The molecule has 3 aromatic carbocycles. The molecular formula is C25H24FN3O4S. The molecule has 0 spiro atoms. The fourth-order valence-corrected chi connectivity index (χ4v) is 4.80. The maximum Gasteiger partial charge on any atom is 0.263 e. The van der Waals surface area contributed by atoms with E-state index in [1.807, 2.05) is 0 Å². The number of fused-ring (bicyclic) bond motifs is 1. The van der Waals surface area contributed by atoms with Gasteiger partial charge < -0.3 is 10.1 Å². The smallest absolute Gasteiger partial charge is 0.263 e. The molecule has 0 aromatic heterocycles. The topological polar surface area (TPSA) is 96.9 Å². The van der Waals surface area contributed by atoms with Crippen molar-refractivity contribution in [2.75, 3.05) is 11.9 Å². The van der Waals surface area contributed by atoms with Crippen molar-refractivity contribution in [2.45, 2.75) is 30.6 Å². The van der Waals surface area contributed by atoms with Gasteiger partial charge in [0.15, 0.2) is 5.75 Å². The summed E-state index contributed by atoms with van der Waals surface area (Å²) >= 11 is 0. The number of aliphatic imine (C=N–C) groups is 1. The summed E-state index contributed by atoms with van der Waals surface area (Å²) in [6.45, 7) is 0.456. The van der Waals surface area contributed by atoms with E-state index in [-0.39, 0.29) is 10.8 Å². The monoisotopic (exact) mass is 481 g/mol. The first kappa shape index (κ1) is 23.4. The fraction of sp³-hybridized carbons (Fsp3) is 0.200. The molecule has 176 valence electrons. The molecule has 0 unspecified atom stereocenters. The Morgan fingerprint density at radius 2 is 1.76 bits per heavy atom. The molecule has 4 rings (SSSR count). The molecule has 0 fully saturated rings. The SMILES string of the molecule is O=C(CCCCCN=C1NS(=O)(=O)c2ccccc21)Nc1ccccc1Oc1cccc(F)c1. The molecule has 0 aliphatic carbocycles. The van der Waals surface area contributed by atoms with Crippen LogP contribution in [0.5, 0.6) is 11.5 Å². The minimum absolute atomic E-state index is 0.154. The largest absolute Gasteiger partial charge is 0.455 e. The predicted molar refractivity (Wildman–Crippen MR) is 128 cm³/mol. The van der Waals surface area contributed by atoms with Gasteiger partial charge in [-0.3, -0.25) is 14.5 Å². The van der Waals surface area contributed by atoms with Crippen molar-refractivity contribution in [3.05, 3.63) is 84.2 Å². The second kappa shape index (κ2) is 10.5. The van der Waals surface area contributed by atoms with Gasteiger partial charge in [0.05, 0.1) is 10.6 Å². The number of sulfonamides is 1. The highest BCUT2D eigenvalue weighted by Gasteiger charge is 2.29. The lowest BCUT2D eigenvalue weighted by Gasteiger charge is -2.12. The standard InChI is InChI=1S/C25H24FN3O4S/c26-18-9-8-10-19(17-18)33-22-13-5-4-12-21(22)28-24(30)15-2-1-7-16-27-25-20-11-3-6-14-23(20)34(31,32)29-25/h3-6,8-14,17H,1-2,7,15-16H2,(H,27,29)(H,28,30). The normalized spacial score (nSPS) is 14.9. The predicted octanol–water partition coefficient (Wildman–Crippen LogP) is 4.86. The Bertz CT molecular complexity index is 1320. The van der Waals surface area contributed by atoms with Crippen LogP contribution in [0.2, 0.25) is 0 Å². The number of halogens is 1. The number of para-hydroxylation sites is 2. The van der Waals surface area contributed by atoms with E-state index in [0.717, 1.165) is 12.8 Å². The maximum atomic E-state index is 13.4. The molecule has 2 N–H and O–H groups in total. The highest BCUT2D eigenvalue weighted by molar-refractivity contribution is 7.90. The summed E-state index contributed by atoms with van der Waals surface area (Å²) < 4.78 is 45.8. The van der Waals surface area contributed by atoms with Crippen molar-refractivity contribution in [1.29, 1.82) is 0 Å². The van der Waals surface area contributed by atoms with E-state index >= 15 is 0 Å². The molecule has 0 atom stereocenters. The van der Waals surface area contributed by atoms with Crippen LogP contribution in [0.1, 0.15) is 31.2 Å². The lowest BCUT2D eigenvalue weighted by Crippen LogP contribution is -2.22. The van der Waals surface area contributed by atoms with Crippen LogP contribution in [0, 0.1) is 5.82 Å². The quantitative estimate of drug-likeness (QED) is 0.427. The van der Waals surface area contributed by atoms with E-state index in [4.69, 9.17) is 4.74 Å². The fourth-order valence-electron chi connectivity index (χ4n) is 3.55. The number of amidine groups is 1. The Labute approximate surface area is 197 Å². The van der Waals surface area contributed by atoms with Crippen molar-refractivity contribution < 1.29 is 22.3 Å². The maximum absolute atomic E-state index is 13.4. The molecule has 0 bridgehead atoms. The van der Waals surface area contributed by atoms with Crippen LogP contribution in [0.4, 0.5) is 10.1 Å². The third-order valence-electron chi connectivity index (χ3n) is 5.18. The number of anilines is 1. The summed E-state index contributed by atoms with van der Waals surface area (Å²) in [4.78, 5) is 17.0. The zero-order valence-corrected chi connectivity index (χ0v) is 19.1. The van der Waals surface area contributed by atoms with Gasteiger partial charge in [-0.15, -0.1) is 0 Å². The van der Waals surface area contributed by atoms with E-state index in [0.29, 0.717) is 48.0 Å². The van der Waals surface area contributed by atoms with Crippen molar-refractivity contribution in [3.63, 3.8) is 0 Å². The van der Waals surface area contributed by atoms with Gasteiger partial charge in [-0.2, -0.15) is 0 Å². The van der Waals surface area contributed by atoms with Crippen LogP contribution in [0.25, 0.3) is 0 Å². The van der Waals surface area contributed by atoms with E-state index in [1.54, 1.807) is 60.7 Å². The Hall–Kier alpha value is -3.72. The summed E-state index contributed by atoms with van der Waals surface area (Å²) in [6, 6.07) is 19.5. The van der Waals surface area contributed by atoms with Crippen LogP contribution in [-0.2, 0) is 14.8 Å². The molecule has 0 saturated heterocycles. The zero-order chi connectivity index (χ0) is 24.0. The Morgan fingerprint density at radius 1 is 0.971 bits per heavy atom. The van der Waals surface area contributed by atoms with Gasteiger partial charge in [0.1, 0.15) is 17.4 Å². The number of hydrogen-bond acceptors (Lipinski definition) is 5. The minimum Gasteiger partial charge on any atom is -0.455 e. The highest BCUT2D eigenvalue weighted by atomic mass is 32.2. The highest BCUT2D eigenvalue weighted by Crippen LogP contribution is 2.29. The number of carbonyl (C=O) groups excluding carboxylic acids is 1. The Kier molecular flexibility index (Phi) is 7.22. The number of nitrogens with zero attached hydrogens (tertiary/aromatic N) is 1. The lowest BCUT2D eigenvalue weighted by atomic mass is 10.1. The number of hydrogen-bond donors (Lipinski definition) is 2. The zero-order valence-electron chi connectivity index (χ0n) is 18.3. The summed E-state index contributed by atoms with van der Waals surface area (Å²) in [7, 11) is -3.53. The van der Waals surface area contributed by atoms with Gasteiger partial charge >= 0.3 is 0 Å². The first-order valence-electron chi connectivity index (χ1n) is 10.9. The lowest BCUT2D eigenvalue weighted by molar-refractivity contribution is -0.116. The summed E-state index contributed by atoms with van der Waals surface area (Å²) in [5.41, 5.74) is 1.09. The molecule has 34 heavy (non-hydrogen) atoms. The van der Waals surface area contributed by atoms with Crippen LogP contribution in [0.15, 0.2) is 82.7 Å². The Morgan fingerprint density at radius 3 is 2.62 bits per heavy atom. The van der Waals surface area contributed by atoms with Crippen molar-refractivity contribution in [1.82, 2.24) is 4.72 Å². The summed E-state index contributed by atoms with van der Waals surface area (Å²) in [5, 5.41) is 2.84. The number of carbonyl (C=O) groups is 1. The molecule has 1 aliphatic rings. The Balaban J connectivity index is 1.23. The van der Waals surface area contributed by atoms with Crippen LogP contribution in [-0.4, -0.2) is 26.7 Å². The van der Waals surface area contributed by atoms with Gasteiger partial charge in [-0.05, 0) is 49.2 Å². The number of ether oxygens (including phenoxy) is 1. The molecule has 9 heteroatoms. The number of nitrogens with one attached hydrogen (secondary N) is 2. The van der Waals surface area contributed by atoms with Gasteiger partial charge in [0.25, 0.3) is 10.0 Å². The summed E-state index contributed by atoms with van der Waals surface area (Å²) in [5.74, 6) is 0.577. The second-order valence-electron chi connectivity index (χ2n) is 7.75. The average molecular weight is 482 g/mol. The average Bonchev–Trinajstić information content (AvgIpc) is 3.08. The molecule has 1 aliphatic heterocycles. The number of benzene rings is 3. The van der Waals surface area contributed by atoms with E-state index in [1.165, 1.54) is 12.1 Å². The molecular weight excluding hydrogens is 457 g/mol. The molecule has 7 nitrogen and oxygen atoms in total. The first-order chi connectivity index (χ1) is 16.4. The minimum atomic E-state index is -3.53. The van der Waals surface area contributed by atoms with Gasteiger partial charge in [0.2, 0.25) is 5.91 Å². The van der Waals surface area contributed by atoms with E-state index in [2.05, 4.69) is 15.0 Å². The van der Waals surface area contributed by atoms with E-state index in [9.17, 15) is 17.6 Å². The third kappa shape index (κ3) is 5.79. The van der Waals surface area contributed by atoms with Crippen molar-refractivity contribution >= 4 is 27.5 Å². The number of rotatable bonds is 9.